The molecule has 1 aliphatic rings. The molecule has 1 fully saturated rings. The van der Waals surface area contributed by atoms with Gasteiger partial charge in [-0.1, -0.05) is 5.92 Å². The summed E-state index contributed by atoms with van der Waals surface area (Å²) in [7, 11) is 0. The van der Waals surface area contributed by atoms with Crippen molar-refractivity contribution < 1.29 is 4.42 Å². The smallest absolute Gasteiger partial charge is 0.336 e. The van der Waals surface area contributed by atoms with Crippen molar-refractivity contribution in [1.82, 2.24) is 0 Å². The molecule has 1 aromatic carbocycles. The third-order valence-corrected chi connectivity index (χ3v) is 3.76. The molecule has 1 heterocycles. The zero-order chi connectivity index (χ0) is 14.1. The highest BCUT2D eigenvalue weighted by molar-refractivity contribution is 5.83. The van der Waals surface area contributed by atoms with Crippen LogP contribution in [0, 0.1) is 25.2 Å². The van der Waals surface area contributed by atoms with Crippen LogP contribution in [-0.2, 0) is 0 Å². The Balaban J connectivity index is 2.01. The fraction of sp³-hybridized carbons (Fsp3) is 0.353. The van der Waals surface area contributed by atoms with Crippen molar-refractivity contribution >= 4 is 16.7 Å². The fourth-order valence-electron chi connectivity index (χ4n) is 2.49. The summed E-state index contributed by atoms with van der Waals surface area (Å²) in [6.45, 7) is 3.48. The van der Waals surface area contributed by atoms with Crippen LogP contribution in [0.2, 0.25) is 0 Å². The monoisotopic (exact) mass is 267 g/mol. The Morgan fingerprint density at radius 1 is 1.40 bits per heavy atom. The van der Waals surface area contributed by atoms with Gasteiger partial charge in [-0.05, 0) is 43.4 Å². The molecule has 0 saturated heterocycles. The first-order valence-corrected chi connectivity index (χ1v) is 6.90. The van der Waals surface area contributed by atoms with E-state index in [1.807, 2.05) is 19.1 Å². The van der Waals surface area contributed by atoms with Gasteiger partial charge in [0.25, 0.3) is 0 Å². The van der Waals surface area contributed by atoms with Gasteiger partial charge < -0.3 is 9.32 Å². The van der Waals surface area contributed by atoms with E-state index in [1.54, 1.807) is 0 Å². The summed E-state index contributed by atoms with van der Waals surface area (Å²) >= 11 is 0. The molecular weight excluding hydrogens is 250 g/mol. The zero-order valence-corrected chi connectivity index (χ0v) is 11.6. The highest BCUT2D eigenvalue weighted by atomic mass is 16.4. The number of terminal acetylenes is 1. The molecule has 2 aromatic rings. The molecule has 3 nitrogen and oxygen atoms in total. The molecule has 0 radical (unpaired) electrons. The lowest BCUT2D eigenvalue weighted by Crippen LogP contribution is -2.25. The van der Waals surface area contributed by atoms with E-state index in [4.69, 9.17) is 10.8 Å². The van der Waals surface area contributed by atoms with Gasteiger partial charge in [-0.15, -0.1) is 6.42 Å². The predicted octanol–water partition coefficient (Wildman–Crippen LogP) is 2.95. The molecule has 0 atom stereocenters. The average molecular weight is 267 g/mol. The second-order valence-corrected chi connectivity index (χ2v) is 5.46. The first-order valence-electron chi connectivity index (χ1n) is 6.90. The molecule has 20 heavy (non-hydrogen) atoms. The molecule has 0 amide bonds. The summed E-state index contributed by atoms with van der Waals surface area (Å²) in [5.41, 5.74) is 2.28. The van der Waals surface area contributed by atoms with Gasteiger partial charge in [0.1, 0.15) is 5.58 Å². The van der Waals surface area contributed by atoms with E-state index in [0.29, 0.717) is 12.1 Å². The number of hydrogen-bond acceptors (Lipinski definition) is 3. The number of anilines is 1. The first kappa shape index (κ1) is 12.8. The third kappa shape index (κ3) is 2.55. The number of benzene rings is 1. The number of nitrogens with zero attached hydrogens (tertiary/aromatic N) is 1. The van der Waals surface area contributed by atoms with Crippen LogP contribution in [0.3, 0.4) is 0 Å². The molecule has 3 rings (SSSR count). The molecule has 0 bridgehead atoms. The normalized spacial score (nSPS) is 14.2. The molecule has 1 saturated carbocycles. The van der Waals surface area contributed by atoms with E-state index in [2.05, 4.69) is 16.9 Å². The van der Waals surface area contributed by atoms with Gasteiger partial charge in [0.15, 0.2) is 0 Å². The summed E-state index contributed by atoms with van der Waals surface area (Å²) in [6, 6.07) is 7.49. The Morgan fingerprint density at radius 2 is 2.20 bits per heavy atom. The van der Waals surface area contributed by atoms with Crippen molar-refractivity contribution in [2.24, 2.45) is 5.92 Å². The van der Waals surface area contributed by atoms with Gasteiger partial charge in [-0.3, -0.25) is 0 Å². The molecular formula is C17H17NO2. The third-order valence-electron chi connectivity index (χ3n) is 3.76. The van der Waals surface area contributed by atoms with Crippen LogP contribution >= 0.6 is 0 Å². The minimum Gasteiger partial charge on any atom is -0.423 e. The first-order chi connectivity index (χ1) is 9.67. The van der Waals surface area contributed by atoms with Crippen molar-refractivity contribution in [1.29, 1.82) is 0 Å². The van der Waals surface area contributed by atoms with E-state index in [9.17, 15) is 4.79 Å². The van der Waals surface area contributed by atoms with Gasteiger partial charge in [0.05, 0.1) is 6.54 Å². The van der Waals surface area contributed by atoms with Gasteiger partial charge in [-0.25, -0.2) is 4.79 Å². The quantitative estimate of drug-likeness (QED) is 0.631. The molecule has 0 aliphatic heterocycles. The fourth-order valence-corrected chi connectivity index (χ4v) is 2.49. The minimum absolute atomic E-state index is 0.308. The molecule has 0 N–H and O–H groups in total. The van der Waals surface area contributed by atoms with Gasteiger partial charge in [-0.2, -0.15) is 0 Å². The Labute approximate surface area is 118 Å². The van der Waals surface area contributed by atoms with Gasteiger partial charge >= 0.3 is 5.63 Å². The van der Waals surface area contributed by atoms with Crippen molar-refractivity contribution in [3.05, 3.63) is 40.2 Å². The summed E-state index contributed by atoms with van der Waals surface area (Å²) < 4.78 is 5.30. The Hall–Kier alpha value is -2.21. The van der Waals surface area contributed by atoms with E-state index < -0.39 is 0 Å². The molecule has 102 valence electrons. The van der Waals surface area contributed by atoms with Crippen LogP contribution in [0.5, 0.6) is 0 Å². The van der Waals surface area contributed by atoms with Crippen LogP contribution in [-0.4, -0.2) is 13.1 Å². The van der Waals surface area contributed by atoms with E-state index in [0.717, 1.165) is 29.1 Å². The summed E-state index contributed by atoms with van der Waals surface area (Å²) in [6.07, 6.45) is 8.02. The maximum absolute atomic E-state index is 11.5. The van der Waals surface area contributed by atoms with E-state index in [-0.39, 0.29) is 5.63 Å². The second-order valence-electron chi connectivity index (χ2n) is 5.46. The average Bonchev–Trinajstić information content (AvgIpc) is 3.21. The van der Waals surface area contributed by atoms with Crippen molar-refractivity contribution in [2.75, 3.05) is 18.0 Å². The Kier molecular flexibility index (Phi) is 3.23. The topological polar surface area (TPSA) is 33.5 Å². The molecule has 1 aromatic heterocycles. The minimum atomic E-state index is -0.308. The second kappa shape index (κ2) is 5.05. The van der Waals surface area contributed by atoms with Crippen molar-refractivity contribution in [3.8, 4) is 12.3 Å². The van der Waals surface area contributed by atoms with Crippen LogP contribution in [0.4, 0.5) is 5.69 Å². The van der Waals surface area contributed by atoms with Gasteiger partial charge in [0, 0.05) is 29.8 Å². The largest absolute Gasteiger partial charge is 0.423 e. The molecule has 0 spiro atoms. The van der Waals surface area contributed by atoms with Crippen LogP contribution in [0.15, 0.2) is 33.5 Å². The summed E-state index contributed by atoms with van der Waals surface area (Å²) in [4.78, 5) is 13.7. The van der Waals surface area contributed by atoms with Crippen LogP contribution in [0.25, 0.3) is 11.0 Å². The predicted molar refractivity (Wildman–Crippen MR) is 81.0 cm³/mol. The Morgan fingerprint density at radius 3 is 2.90 bits per heavy atom. The highest BCUT2D eigenvalue weighted by Gasteiger charge is 2.24. The number of rotatable bonds is 4. The Bertz CT molecular complexity index is 735. The lowest BCUT2D eigenvalue weighted by atomic mass is 10.1. The zero-order valence-electron chi connectivity index (χ0n) is 11.6. The molecule has 3 heteroatoms. The van der Waals surface area contributed by atoms with Crippen LogP contribution in [0.1, 0.15) is 18.4 Å². The summed E-state index contributed by atoms with van der Waals surface area (Å²) in [5, 5.41) is 0.973. The maximum atomic E-state index is 11.5. The van der Waals surface area contributed by atoms with Gasteiger partial charge in [0.2, 0.25) is 0 Å². The number of hydrogen-bond donors (Lipinski definition) is 0. The standard InChI is InChI=1S/C17H17NO2/c1-3-8-18(11-13-4-5-13)14-6-7-15-12(2)9-17(19)20-16(15)10-14/h1,6-7,9-10,13H,4-5,8,11H2,2H3. The van der Waals surface area contributed by atoms with Crippen LogP contribution < -0.4 is 10.5 Å². The lowest BCUT2D eigenvalue weighted by molar-refractivity contribution is 0.559. The lowest BCUT2D eigenvalue weighted by Gasteiger charge is -2.22. The molecule has 0 unspecified atom stereocenters. The van der Waals surface area contributed by atoms with E-state index >= 15 is 0 Å². The SMILES string of the molecule is C#CCN(CC1CC1)c1ccc2c(C)cc(=O)oc2c1. The van der Waals surface area contributed by atoms with Crippen molar-refractivity contribution in [2.45, 2.75) is 19.8 Å². The van der Waals surface area contributed by atoms with E-state index in [1.165, 1.54) is 18.9 Å². The number of fused-ring (bicyclic) bond motifs is 1. The summed E-state index contributed by atoms with van der Waals surface area (Å²) in [5.74, 6) is 3.46. The maximum Gasteiger partial charge on any atom is 0.336 e. The number of aryl methyl sites for hydroxylation is 1. The van der Waals surface area contributed by atoms with Crippen molar-refractivity contribution in [3.63, 3.8) is 0 Å². The highest BCUT2D eigenvalue weighted by Crippen LogP contribution is 2.32. The molecule has 1 aliphatic carbocycles.